The molecule has 6 rings (SSSR count). The lowest BCUT2D eigenvalue weighted by Gasteiger charge is -2.12. The topological polar surface area (TPSA) is 109 Å². The van der Waals surface area contributed by atoms with Gasteiger partial charge in [0, 0.05) is 67.3 Å². The Hall–Kier alpha value is -5.94. The molecule has 4 heterocycles. The normalized spacial score (nSPS) is 12.5. The molecule has 49 heavy (non-hydrogen) atoms. The molecule has 0 radical (unpaired) electrons. The number of hydrogen-bond donors (Lipinski definition) is 3. The summed E-state index contributed by atoms with van der Waals surface area (Å²) in [6.07, 6.45) is 13.6. The summed E-state index contributed by atoms with van der Waals surface area (Å²) in [5, 5.41) is 18.4. The number of ether oxygens (including phenoxy) is 1. The van der Waals surface area contributed by atoms with Crippen molar-refractivity contribution >= 4 is 29.1 Å². The predicted molar refractivity (Wildman–Crippen MR) is 192 cm³/mol. The first-order chi connectivity index (χ1) is 23.9. The Morgan fingerprint density at radius 3 is 2.53 bits per heavy atom. The third kappa shape index (κ3) is 9.55. The SMILES string of the molecule is C=C/C=C(\C=C(/C)Cc1nn2ccccc2c1-c1ccnc(Nc2cccc(C3=CN=CCO3)c2)n1)NC.CO.Cc1c(F)cccc1F. The van der Waals surface area contributed by atoms with Crippen molar-refractivity contribution in [2.45, 2.75) is 20.3 Å². The van der Waals surface area contributed by atoms with Crippen LogP contribution >= 0.6 is 0 Å². The van der Waals surface area contributed by atoms with E-state index < -0.39 is 11.6 Å². The van der Waals surface area contributed by atoms with Gasteiger partial charge in [0.25, 0.3) is 0 Å². The van der Waals surface area contributed by atoms with Crippen molar-refractivity contribution in [2.24, 2.45) is 4.99 Å². The number of aliphatic imine (C=N–C) groups is 1. The zero-order chi connectivity index (χ0) is 35.2. The Labute approximate surface area is 284 Å². The summed E-state index contributed by atoms with van der Waals surface area (Å²) in [5.74, 6) is 0.246. The van der Waals surface area contributed by atoms with E-state index in [1.807, 2.05) is 66.3 Å². The lowest BCUT2D eigenvalue weighted by atomic mass is 10.0. The van der Waals surface area contributed by atoms with Crippen LogP contribution in [0, 0.1) is 18.6 Å². The van der Waals surface area contributed by atoms with Gasteiger partial charge in [0.2, 0.25) is 5.95 Å². The van der Waals surface area contributed by atoms with Crippen LogP contribution in [0.5, 0.6) is 0 Å². The van der Waals surface area contributed by atoms with Crippen LogP contribution in [0.25, 0.3) is 22.5 Å². The number of allylic oxidation sites excluding steroid dienone is 4. The van der Waals surface area contributed by atoms with E-state index in [4.69, 9.17) is 19.9 Å². The highest BCUT2D eigenvalue weighted by atomic mass is 19.1. The third-order valence-corrected chi connectivity index (χ3v) is 7.17. The molecule has 1 aliphatic heterocycles. The minimum absolute atomic E-state index is 0.0810. The largest absolute Gasteiger partial charge is 0.486 e. The molecule has 2 aromatic carbocycles. The Bertz CT molecular complexity index is 1990. The second-order valence-corrected chi connectivity index (χ2v) is 10.6. The quantitative estimate of drug-likeness (QED) is 0.139. The summed E-state index contributed by atoms with van der Waals surface area (Å²) in [6.45, 7) is 7.76. The van der Waals surface area contributed by atoms with E-state index in [1.165, 1.54) is 25.1 Å². The van der Waals surface area contributed by atoms with E-state index >= 15 is 0 Å². The number of halogens is 2. The van der Waals surface area contributed by atoms with Crippen molar-refractivity contribution in [3.05, 3.63) is 150 Å². The lowest BCUT2D eigenvalue weighted by molar-refractivity contribution is 0.332. The number of fused-ring (bicyclic) bond motifs is 1. The molecule has 0 amide bonds. The maximum Gasteiger partial charge on any atom is 0.227 e. The van der Waals surface area contributed by atoms with E-state index in [9.17, 15) is 8.78 Å². The van der Waals surface area contributed by atoms with E-state index in [1.54, 1.807) is 24.7 Å². The van der Waals surface area contributed by atoms with Crippen LogP contribution in [-0.2, 0) is 11.2 Å². The molecule has 9 nitrogen and oxygen atoms in total. The van der Waals surface area contributed by atoms with Gasteiger partial charge in [-0.05, 0) is 68.5 Å². The minimum atomic E-state index is -0.491. The van der Waals surface area contributed by atoms with Crippen molar-refractivity contribution in [3.8, 4) is 11.3 Å². The first kappa shape index (κ1) is 35.9. The Kier molecular flexibility index (Phi) is 13.1. The summed E-state index contributed by atoms with van der Waals surface area (Å²) in [6, 6.07) is 19.7. The summed E-state index contributed by atoms with van der Waals surface area (Å²) < 4.78 is 32.3. The van der Waals surface area contributed by atoms with Gasteiger partial charge in [0.15, 0.2) is 0 Å². The molecule has 0 fully saturated rings. The summed E-state index contributed by atoms with van der Waals surface area (Å²) in [5.41, 5.74) is 7.71. The Morgan fingerprint density at radius 1 is 1.06 bits per heavy atom. The molecule has 1 aliphatic rings. The number of benzene rings is 2. The molecule has 3 N–H and O–H groups in total. The molecule has 0 aliphatic carbocycles. The molecule has 5 aromatic rings. The van der Waals surface area contributed by atoms with E-state index in [0.29, 0.717) is 19.0 Å². The molecular formula is C38H39F2N7O2. The van der Waals surface area contributed by atoms with Gasteiger partial charge >= 0.3 is 0 Å². The number of anilines is 2. The summed E-state index contributed by atoms with van der Waals surface area (Å²) in [4.78, 5) is 13.5. The molecule has 3 aromatic heterocycles. The Balaban J connectivity index is 0.000000423. The maximum atomic E-state index is 12.3. The highest BCUT2D eigenvalue weighted by molar-refractivity contribution is 5.81. The molecule has 0 saturated heterocycles. The zero-order valence-electron chi connectivity index (χ0n) is 27.9. The fourth-order valence-corrected chi connectivity index (χ4v) is 4.87. The van der Waals surface area contributed by atoms with E-state index in [0.717, 1.165) is 57.9 Å². The fourth-order valence-electron chi connectivity index (χ4n) is 4.87. The summed E-state index contributed by atoms with van der Waals surface area (Å²) in [7, 11) is 2.90. The van der Waals surface area contributed by atoms with Gasteiger partial charge in [-0.25, -0.2) is 23.3 Å². The molecule has 0 spiro atoms. The van der Waals surface area contributed by atoms with Crippen LogP contribution in [0.15, 0.2) is 126 Å². The second kappa shape index (κ2) is 17.8. The molecule has 0 saturated carbocycles. The third-order valence-electron chi connectivity index (χ3n) is 7.17. The van der Waals surface area contributed by atoms with E-state index in [-0.39, 0.29) is 5.56 Å². The van der Waals surface area contributed by atoms with Crippen LogP contribution in [0.2, 0.25) is 0 Å². The number of nitrogens with one attached hydrogen (secondary N) is 2. The molecule has 0 unspecified atom stereocenters. The van der Waals surface area contributed by atoms with E-state index in [2.05, 4.69) is 46.3 Å². The van der Waals surface area contributed by atoms with Crippen LogP contribution in [0.1, 0.15) is 23.7 Å². The van der Waals surface area contributed by atoms with Gasteiger partial charge in [-0.15, -0.1) is 0 Å². The van der Waals surface area contributed by atoms with Crippen LogP contribution < -0.4 is 10.6 Å². The standard InChI is InChI=1S/C30H29N7O.C7H6F2.CH4O/c1-4-8-23(31-3)17-21(2)18-26-29(27-11-5-6-15-37(27)36-26)25-12-13-33-30(35-25)34-24-10-7-9-22(19-24)28-20-32-14-16-38-28;1-5-6(8)3-2-4-7(5)9;1-2/h4-15,17,19-20,31H,1,16,18H2,2-3H3,(H,33,34,35);2-4H,1H3;2H,1H3/b21-17+,23-8+;;. The van der Waals surface area contributed by atoms with Gasteiger partial charge < -0.3 is 20.5 Å². The van der Waals surface area contributed by atoms with Crippen LogP contribution in [-0.4, -0.2) is 51.7 Å². The monoisotopic (exact) mass is 663 g/mol. The summed E-state index contributed by atoms with van der Waals surface area (Å²) >= 11 is 0. The number of pyridine rings is 1. The lowest BCUT2D eigenvalue weighted by Crippen LogP contribution is -2.04. The molecule has 11 heteroatoms. The minimum Gasteiger partial charge on any atom is -0.486 e. The van der Waals surface area contributed by atoms with Crippen LogP contribution in [0.3, 0.4) is 0 Å². The average Bonchev–Trinajstić information content (AvgIpc) is 3.49. The first-order valence-corrected chi connectivity index (χ1v) is 15.4. The number of hydrogen-bond acceptors (Lipinski definition) is 8. The fraction of sp³-hybridized carbons (Fsp3) is 0.158. The maximum absolute atomic E-state index is 12.3. The van der Waals surface area contributed by atoms with Crippen molar-refractivity contribution in [2.75, 3.05) is 26.1 Å². The number of likely N-dealkylation sites (N-methyl/N-ethyl adjacent to an activating group) is 1. The van der Waals surface area contributed by atoms with Gasteiger partial charge in [-0.2, -0.15) is 5.10 Å². The van der Waals surface area contributed by atoms with Crippen LogP contribution in [0.4, 0.5) is 20.4 Å². The van der Waals surface area contributed by atoms with Crippen molar-refractivity contribution in [1.29, 1.82) is 0 Å². The second-order valence-electron chi connectivity index (χ2n) is 10.6. The van der Waals surface area contributed by atoms with Gasteiger partial charge in [-0.3, -0.25) is 4.99 Å². The number of aliphatic hydroxyl groups is 1. The average molecular weight is 664 g/mol. The highest BCUT2D eigenvalue weighted by Gasteiger charge is 2.17. The molecule has 0 bridgehead atoms. The van der Waals surface area contributed by atoms with Crippen molar-refractivity contribution < 1.29 is 18.6 Å². The molecule has 252 valence electrons. The van der Waals surface area contributed by atoms with Gasteiger partial charge in [-0.1, -0.05) is 42.5 Å². The van der Waals surface area contributed by atoms with Crippen molar-refractivity contribution in [3.63, 3.8) is 0 Å². The predicted octanol–water partition coefficient (Wildman–Crippen LogP) is 7.59. The number of nitrogens with zero attached hydrogens (tertiary/aromatic N) is 5. The van der Waals surface area contributed by atoms with Gasteiger partial charge in [0.05, 0.1) is 23.1 Å². The molecular weight excluding hydrogens is 624 g/mol. The smallest absolute Gasteiger partial charge is 0.227 e. The first-order valence-electron chi connectivity index (χ1n) is 15.4. The Morgan fingerprint density at radius 2 is 1.84 bits per heavy atom. The number of rotatable bonds is 9. The number of aromatic nitrogens is 4. The van der Waals surface area contributed by atoms with Gasteiger partial charge in [0.1, 0.15) is 24.0 Å². The number of aliphatic hydroxyl groups excluding tert-OH is 1. The van der Waals surface area contributed by atoms with Crippen molar-refractivity contribution in [1.82, 2.24) is 24.9 Å². The zero-order valence-corrected chi connectivity index (χ0v) is 27.9. The molecule has 0 atom stereocenters. The highest BCUT2D eigenvalue weighted by Crippen LogP contribution is 2.30.